The number of benzene rings is 2. The van der Waals surface area contributed by atoms with Gasteiger partial charge in [0, 0.05) is 19.3 Å². The van der Waals surface area contributed by atoms with E-state index in [1.165, 1.54) is 0 Å². The summed E-state index contributed by atoms with van der Waals surface area (Å²) in [5, 5.41) is 25.3. The second-order valence-electron chi connectivity index (χ2n) is 5.56. The van der Waals surface area contributed by atoms with Crippen molar-refractivity contribution in [3.05, 3.63) is 59.7 Å². The molecule has 0 amide bonds. The van der Waals surface area contributed by atoms with Crippen LogP contribution in [0.4, 0.5) is 0 Å². The van der Waals surface area contributed by atoms with Crippen molar-refractivity contribution in [3.8, 4) is 11.5 Å². The van der Waals surface area contributed by atoms with Gasteiger partial charge in [-0.05, 0) is 35.4 Å². The number of ether oxygens (including phenoxy) is 2. The Morgan fingerprint density at radius 1 is 0.720 bits per heavy atom. The maximum absolute atomic E-state index is 9.28. The van der Waals surface area contributed by atoms with Gasteiger partial charge < -0.3 is 19.9 Å². The molecule has 0 bridgehead atoms. The summed E-state index contributed by atoms with van der Waals surface area (Å²) in [6.07, 6.45) is 1.20. The molecule has 0 saturated heterocycles. The van der Waals surface area contributed by atoms with E-state index in [9.17, 15) is 10.4 Å². The average Bonchev–Trinajstić information content (AvgIpc) is 2.67. The van der Waals surface area contributed by atoms with E-state index in [0.29, 0.717) is 24.3 Å². The average molecular weight is 342 g/mol. The lowest BCUT2D eigenvalue weighted by Crippen LogP contribution is -2.13. The van der Waals surface area contributed by atoms with Crippen molar-refractivity contribution in [2.45, 2.75) is 19.3 Å². The van der Waals surface area contributed by atoms with Crippen LogP contribution in [0.2, 0.25) is 0 Å². The van der Waals surface area contributed by atoms with Crippen LogP contribution in [-0.2, 0) is 12.8 Å². The molecule has 6 heteroatoms. The molecule has 2 aromatic carbocycles. The lowest BCUT2D eigenvalue weighted by Gasteiger charge is -2.08. The minimum absolute atomic E-state index is 0.283. The molecule has 0 spiro atoms. The minimum Gasteiger partial charge on any atom is -0.497 e. The van der Waals surface area contributed by atoms with Crippen LogP contribution < -0.4 is 9.47 Å². The zero-order chi connectivity index (χ0) is 18.1. The van der Waals surface area contributed by atoms with Gasteiger partial charge in [-0.2, -0.15) is 0 Å². The molecule has 0 saturated carbocycles. The number of methoxy groups -OCH3 is 2. The van der Waals surface area contributed by atoms with Gasteiger partial charge in [0.2, 0.25) is 0 Å². The highest BCUT2D eigenvalue weighted by atomic mass is 16.5. The zero-order valence-electron chi connectivity index (χ0n) is 14.3. The molecule has 0 aliphatic heterocycles. The van der Waals surface area contributed by atoms with Crippen LogP contribution in [0.15, 0.2) is 58.8 Å². The lowest BCUT2D eigenvalue weighted by atomic mass is 10.00. The molecule has 0 radical (unpaired) electrons. The van der Waals surface area contributed by atoms with Gasteiger partial charge in [-0.1, -0.05) is 34.6 Å². The smallest absolute Gasteiger partial charge is 0.118 e. The first kappa shape index (κ1) is 18.3. The molecule has 0 fully saturated rings. The summed E-state index contributed by atoms with van der Waals surface area (Å²) in [5.74, 6) is 1.53. The molecule has 0 aromatic heterocycles. The van der Waals surface area contributed by atoms with E-state index in [4.69, 9.17) is 9.47 Å². The minimum atomic E-state index is 0.283. The Morgan fingerprint density at radius 3 is 1.36 bits per heavy atom. The van der Waals surface area contributed by atoms with E-state index in [0.717, 1.165) is 22.6 Å². The van der Waals surface area contributed by atoms with Gasteiger partial charge >= 0.3 is 0 Å². The van der Waals surface area contributed by atoms with Gasteiger partial charge in [-0.3, -0.25) is 0 Å². The molecule has 6 nitrogen and oxygen atoms in total. The van der Waals surface area contributed by atoms with Crippen LogP contribution in [0.5, 0.6) is 11.5 Å². The van der Waals surface area contributed by atoms with Gasteiger partial charge in [0.25, 0.3) is 0 Å². The van der Waals surface area contributed by atoms with Crippen molar-refractivity contribution in [1.82, 2.24) is 0 Å². The molecule has 0 heterocycles. The Hall–Kier alpha value is -3.02. The quantitative estimate of drug-likeness (QED) is 0.437. The van der Waals surface area contributed by atoms with Crippen molar-refractivity contribution in [2.75, 3.05) is 14.2 Å². The lowest BCUT2D eigenvalue weighted by molar-refractivity contribution is 0.314. The Balaban J connectivity index is 1.99. The van der Waals surface area contributed by atoms with Gasteiger partial charge in [0.05, 0.1) is 25.6 Å². The second kappa shape index (κ2) is 9.32. The summed E-state index contributed by atoms with van der Waals surface area (Å²) in [6.45, 7) is 0. The van der Waals surface area contributed by atoms with Gasteiger partial charge in [0.15, 0.2) is 0 Å². The van der Waals surface area contributed by atoms with Crippen LogP contribution in [0.3, 0.4) is 0 Å². The van der Waals surface area contributed by atoms with Crippen molar-refractivity contribution >= 4 is 11.4 Å². The Bertz CT molecular complexity index is 659. The normalized spacial score (nSPS) is 12.1. The van der Waals surface area contributed by atoms with Gasteiger partial charge in [-0.15, -0.1) is 0 Å². The van der Waals surface area contributed by atoms with E-state index in [1.54, 1.807) is 14.2 Å². The third-order valence-corrected chi connectivity index (χ3v) is 3.83. The first-order valence-electron chi connectivity index (χ1n) is 7.84. The van der Waals surface area contributed by atoms with Crippen LogP contribution >= 0.6 is 0 Å². The van der Waals surface area contributed by atoms with E-state index < -0.39 is 0 Å². The van der Waals surface area contributed by atoms with Crippen LogP contribution in [0.25, 0.3) is 0 Å². The Morgan fingerprint density at radius 2 is 1.08 bits per heavy atom. The van der Waals surface area contributed by atoms with E-state index in [1.807, 2.05) is 48.5 Å². The Labute approximate surface area is 147 Å². The fraction of sp³-hybridized carbons (Fsp3) is 0.263. The summed E-state index contributed by atoms with van der Waals surface area (Å²) in [5.41, 5.74) is 3.00. The van der Waals surface area contributed by atoms with Gasteiger partial charge in [0.1, 0.15) is 11.5 Å². The van der Waals surface area contributed by atoms with Crippen LogP contribution in [0.1, 0.15) is 17.5 Å². The number of hydrogen-bond donors (Lipinski definition) is 2. The topological polar surface area (TPSA) is 83.6 Å². The van der Waals surface area contributed by atoms with Crippen molar-refractivity contribution in [1.29, 1.82) is 0 Å². The summed E-state index contributed by atoms with van der Waals surface area (Å²) >= 11 is 0. The molecule has 0 aliphatic carbocycles. The molecule has 0 unspecified atom stereocenters. The summed E-state index contributed by atoms with van der Waals surface area (Å²) in [4.78, 5) is 0. The highest BCUT2D eigenvalue weighted by Gasteiger charge is 2.10. The molecule has 25 heavy (non-hydrogen) atoms. The molecule has 2 rings (SSSR count). The highest BCUT2D eigenvalue weighted by molar-refractivity contribution is 6.05. The number of oxime groups is 2. The van der Waals surface area contributed by atoms with Gasteiger partial charge in [-0.25, -0.2) is 0 Å². The Kier molecular flexibility index (Phi) is 6.83. The molecule has 132 valence electrons. The van der Waals surface area contributed by atoms with E-state index in [2.05, 4.69) is 10.3 Å². The number of rotatable bonds is 8. The fourth-order valence-corrected chi connectivity index (χ4v) is 2.46. The second-order valence-corrected chi connectivity index (χ2v) is 5.56. The number of hydrogen-bond acceptors (Lipinski definition) is 6. The molecular formula is C19H22N2O4. The largest absolute Gasteiger partial charge is 0.497 e. The monoisotopic (exact) mass is 342 g/mol. The molecular weight excluding hydrogens is 320 g/mol. The maximum Gasteiger partial charge on any atom is 0.118 e. The van der Waals surface area contributed by atoms with Crippen molar-refractivity contribution in [3.63, 3.8) is 0 Å². The van der Waals surface area contributed by atoms with Crippen LogP contribution in [0, 0.1) is 0 Å². The van der Waals surface area contributed by atoms with E-state index in [-0.39, 0.29) is 6.42 Å². The molecule has 0 atom stereocenters. The third kappa shape index (κ3) is 5.53. The number of nitrogens with zero attached hydrogens (tertiary/aromatic N) is 2. The third-order valence-electron chi connectivity index (χ3n) is 3.83. The molecule has 2 aromatic rings. The summed E-state index contributed by atoms with van der Waals surface area (Å²) in [7, 11) is 3.22. The van der Waals surface area contributed by atoms with Crippen molar-refractivity contribution in [2.24, 2.45) is 10.3 Å². The first-order chi connectivity index (χ1) is 12.2. The molecule has 0 aliphatic rings. The summed E-state index contributed by atoms with van der Waals surface area (Å²) < 4.78 is 10.2. The molecule has 2 N–H and O–H groups in total. The summed E-state index contributed by atoms with van der Waals surface area (Å²) in [6, 6.07) is 15.0. The highest BCUT2D eigenvalue weighted by Crippen LogP contribution is 2.15. The fourth-order valence-electron chi connectivity index (χ4n) is 2.46. The van der Waals surface area contributed by atoms with Crippen molar-refractivity contribution < 1.29 is 19.9 Å². The predicted octanol–water partition coefficient (Wildman–Crippen LogP) is 3.54. The predicted molar refractivity (Wildman–Crippen MR) is 96.5 cm³/mol. The maximum atomic E-state index is 9.28. The first-order valence-corrected chi connectivity index (χ1v) is 7.84. The standard InChI is InChI=1S/C19H22N2O4/c1-24-18-7-3-14(4-8-18)11-16(20-22)13-17(21-23)12-15-5-9-19(25-2)10-6-15/h3-10,22-23H,11-13H2,1-2H3/b20-16-,21-17+. The van der Waals surface area contributed by atoms with Crippen LogP contribution in [-0.4, -0.2) is 36.1 Å². The van der Waals surface area contributed by atoms with E-state index >= 15 is 0 Å². The zero-order valence-corrected chi connectivity index (χ0v) is 14.3. The SMILES string of the molecule is COc1ccc(C/C(C/C(Cc2ccc(OC)cc2)=N/O)=N/O)cc1.